The van der Waals surface area contributed by atoms with Gasteiger partial charge in [-0.3, -0.25) is 4.68 Å². The molecule has 3 rings (SSSR count). The van der Waals surface area contributed by atoms with Gasteiger partial charge in [-0.2, -0.15) is 10.1 Å². The summed E-state index contributed by atoms with van der Waals surface area (Å²) < 4.78 is 43.1. The van der Waals surface area contributed by atoms with Crippen molar-refractivity contribution < 1.29 is 12.8 Å². The Bertz CT molecular complexity index is 979. The Hall–Kier alpha value is -2.75. The number of anilines is 1. The fraction of sp³-hybridized carbons (Fsp3) is 0.214. The van der Waals surface area contributed by atoms with E-state index in [-0.39, 0.29) is 23.2 Å². The number of aromatic nitrogens is 5. The van der Waals surface area contributed by atoms with Gasteiger partial charge in [0.25, 0.3) is 16.0 Å². The zero-order valence-electron chi connectivity index (χ0n) is 13.0. The number of halogens is 1. The number of rotatable bonds is 5. The summed E-state index contributed by atoms with van der Waals surface area (Å²) in [7, 11) is -2.17. The Kier molecular flexibility index (Phi) is 4.06. The maximum absolute atomic E-state index is 13.2. The summed E-state index contributed by atoms with van der Waals surface area (Å²) in [6.45, 7) is 1.93. The molecule has 0 atom stereocenters. The van der Waals surface area contributed by atoms with E-state index >= 15 is 0 Å². The van der Waals surface area contributed by atoms with Crippen molar-refractivity contribution in [1.82, 2.24) is 24.5 Å². The first-order chi connectivity index (χ1) is 11.3. The van der Waals surface area contributed by atoms with Crippen molar-refractivity contribution in [1.29, 1.82) is 0 Å². The zero-order chi connectivity index (χ0) is 17.3. The minimum Gasteiger partial charge on any atom is -0.272 e. The molecule has 126 valence electrons. The standard InChI is InChI=1S/C14H15FN6O2S/c1-10-13(7-17-20(10)2)24(22,23)19-14-16-9-21(18-14)8-11-4-3-5-12(15)6-11/h3-7,9H,8H2,1-2H3,(H,18,19). The monoisotopic (exact) mass is 350 g/mol. The van der Waals surface area contributed by atoms with Gasteiger partial charge in [0, 0.05) is 7.05 Å². The number of nitrogens with zero attached hydrogens (tertiary/aromatic N) is 5. The van der Waals surface area contributed by atoms with Gasteiger partial charge in [0.15, 0.2) is 0 Å². The molecule has 1 aromatic carbocycles. The van der Waals surface area contributed by atoms with E-state index in [0.717, 1.165) is 0 Å². The molecule has 0 aliphatic carbocycles. The van der Waals surface area contributed by atoms with E-state index in [1.807, 2.05) is 0 Å². The van der Waals surface area contributed by atoms with Crippen molar-refractivity contribution in [2.75, 3.05) is 4.72 Å². The second kappa shape index (κ2) is 6.04. The predicted octanol–water partition coefficient (Wildman–Crippen LogP) is 1.31. The molecular formula is C14H15FN6O2S. The maximum Gasteiger partial charge on any atom is 0.267 e. The highest BCUT2D eigenvalue weighted by atomic mass is 32.2. The topological polar surface area (TPSA) is 94.7 Å². The number of hydrogen-bond acceptors (Lipinski definition) is 5. The lowest BCUT2D eigenvalue weighted by atomic mass is 10.2. The van der Waals surface area contributed by atoms with Crippen LogP contribution in [0.25, 0.3) is 0 Å². The molecule has 0 saturated carbocycles. The van der Waals surface area contributed by atoms with Crippen LogP contribution in [-0.4, -0.2) is 33.0 Å². The first-order valence-corrected chi connectivity index (χ1v) is 8.49. The number of sulfonamides is 1. The molecule has 0 unspecified atom stereocenters. The predicted molar refractivity (Wildman–Crippen MR) is 84.3 cm³/mol. The highest BCUT2D eigenvalue weighted by molar-refractivity contribution is 7.92. The van der Waals surface area contributed by atoms with Gasteiger partial charge in [-0.05, 0) is 24.6 Å². The Morgan fingerprint density at radius 1 is 1.33 bits per heavy atom. The van der Waals surface area contributed by atoms with E-state index in [1.54, 1.807) is 26.1 Å². The van der Waals surface area contributed by atoms with Gasteiger partial charge in [-0.1, -0.05) is 12.1 Å². The molecular weight excluding hydrogens is 335 g/mol. The minimum absolute atomic E-state index is 0.0605. The van der Waals surface area contributed by atoms with Gasteiger partial charge in [0.2, 0.25) is 0 Å². The molecule has 24 heavy (non-hydrogen) atoms. The van der Waals surface area contributed by atoms with Gasteiger partial charge in [-0.15, -0.1) is 5.10 Å². The lowest BCUT2D eigenvalue weighted by Crippen LogP contribution is -2.15. The summed E-state index contributed by atoms with van der Waals surface area (Å²) in [6.07, 6.45) is 2.64. The molecule has 0 saturated heterocycles. The Morgan fingerprint density at radius 2 is 2.12 bits per heavy atom. The SMILES string of the molecule is Cc1c(S(=O)(=O)Nc2ncn(Cc3cccc(F)c3)n2)cnn1C. The van der Waals surface area contributed by atoms with Crippen LogP contribution in [0.3, 0.4) is 0 Å². The quantitative estimate of drug-likeness (QED) is 0.749. The number of nitrogens with one attached hydrogen (secondary N) is 1. The molecule has 3 aromatic rings. The third-order valence-corrected chi connectivity index (χ3v) is 4.91. The van der Waals surface area contributed by atoms with Crippen LogP contribution in [0.15, 0.2) is 41.7 Å². The van der Waals surface area contributed by atoms with Crippen molar-refractivity contribution in [2.24, 2.45) is 7.05 Å². The Morgan fingerprint density at radius 3 is 2.79 bits per heavy atom. The fourth-order valence-corrected chi connectivity index (χ4v) is 3.31. The summed E-state index contributed by atoms with van der Waals surface area (Å²) in [5.74, 6) is -0.407. The van der Waals surface area contributed by atoms with E-state index in [1.165, 1.54) is 34.0 Å². The normalized spacial score (nSPS) is 11.6. The molecule has 0 radical (unpaired) electrons. The minimum atomic E-state index is -3.82. The summed E-state index contributed by atoms with van der Waals surface area (Å²) in [6, 6.07) is 6.06. The number of hydrogen-bond donors (Lipinski definition) is 1. The van der Waals surface area contributed by atoms with Crippen LogP contribution in [0.5, 0.6) is 0 Å². The maximum atomic E-state index is 13.2. The average Bonchev–Trinajstić information content (AvgIpc) is 3.06. The molecule has 0 spiro atoms. The lowest BCUT2D eigenvalue weighted by molar-refractivity contribution is 0.599. The van der Waals surface area contributed by atoms with Crippen LogP contribution in [0, 0.1) is 12.7 Å². The summed E-state index contributed by atoms with van der Waals surface area (Å²) >= 11 is 0. The number of benzene rings is 1. The summed E-state index contributed by atoms with van der Waals surface area (Å²) in [5.41, 5.74) is 1.19. The van der Waals surface area contributed by atoms with E-state index in [0.29, 0.717) is 11.3 Å². The van der Waals surface area contributed by atoms with Crippen molar-refractivity contribution in [3.63, 3.8) is 0 Å². The van der Waals surface area contributed by atoms with Crippen molar-refractivity contribution in [3.05, 3.63) is 53.9 Å². The van der Waals surface area contributed by atoms with Gasteiger partial charge in [0.05, 0.1) is 18.4 Å². The molecule has 0 aliphatic rings. The molecule has 8 nitrogen and oxygen atoms in total. The van der Waals surface area contributed by atoms with Crippen LogP contribution >= 0.6 is 0 Å². The van der Waals surface area contributed by atoms with Crippen LogP contribution in [0.1, 0.15) is 11.3 Å². The average molecular weight is 350 g/mol. The Labute approximate surface area is 138 Å². The summed E-state index contributed by atoms with van der Waals surface area (Å²) in [4.78, 5) is 3.98. The molecule has 10 heteroatoms. The van der Waals surface area contributed by atoms with Gasteiger partial charge in [-0.25, -0.2) is 22.2 Å². The van der Waals surface area contributed by atoms with E-state index < -0.39 is 10.0 Å². The fourth-order valence-electron chi connectivity index (χ4n) is 2.16. The van der Waals surface area contributed by atoms with Crippen LogP contribution in [-0.2, 0) is 23.6 Å². The lowest BCUT2D eigenvalue weighted by Gasteiger charge is -2.04. The third kappa shape index (κ3) is 3.27. The Balaban J connectivity index is 1.77. The van der Waals surface area contributed by atoms with Crippen LogP contribution in [0.4, 0.5) is 10.3 Å². The van der Waals surface area contributed by atoms with Gasteiger partial charge < -0.3 is 0 Å². The zero-order valence-corrected chi connectivity index (χ0v) is 13.8. The largest absolute Gasteiger partial charge is 0.272 e. The van der Waals surface area contributed by atoms with E-state index in [4.69, 9.17) is 0 Å². The van der Waals surface area contributed by atoms with E-state index in [9.17, 15) is 12.8 Å². The summed E-state index contributed by atoms with van der Waals surface area (Å²) in [5, 5.41) is 7.96. The molecule has 2 heterocycles. The number of aryl methyl sites for hydroxylation is 1. The molecule has 0 amide bonds. The first kappa shape index (κ1) is 16.1. The smallest absolute Gasteiger partial charge is 0.267 e. The second-order valence-corrected chi connectivity index (χ2v) is 6.87. The molecule has 2 aromatic heterocycles. The second-order valence-electron chi connectivity index (χ2n) is 5.22. The molecule has 0 aliphatic heterocycles. The third-order valence-electron chi connectivity index (χ3n) is 3.48. The highest BCUT2D eigenvalue weighted by Crippen LogP contribution is 2.16. The van der Waals surface area contributed by atoms with Crippen molar-refractivity contribution in [3.8, 4) is 0 Å². The van der Waals surface area contributed by atoms with Gasteiger partial charge >= 0.3 is 0 Å². The van der Waals surface area contributed by atoms with Crippen LogP contribution < -0.4 is 4.72 Å². The molecule has 0 bridgehead atoms. The van der Waals surface area contributed by atoms with Crippen LogP contribution in [0.2, 0.25) is 0 Å². The van der Waals surface area contributed by atoms with Gasteiger partial charge in [0.1, 0.15) is 17.0 Å². The first-order valence-electron chi connectivity index (χ1n) is 7.00. The molecule has 1 N–H and O–H groups in total. The molecule has 0 fully saturated rings. The van der Waals surface area contributed by atoms with E-state index in [2.05, 4.69) is 19.9 Å². The van der Waals surface area contributed by atoms with Crippen molar-refractivity contribution in [2.45, 2.75) is 18.4 Å². The highest BCUT2D eigenvalue weighted by Gasteiger charge is 2.21. The van der Waals surface area contributed by atoms with Crippen molar-refractivity contribution >= 4 is 16.0 Å².